The molecule has 1 unspecified atom stereocenters. The van der Waals surface area contributed by atoms with Crippen LogP contribution >= 0.6 is 11.6 Å². The fraction of sp³-hybridized carbons (Fsp3) is 0.500. The Kier molecular flexibility index (Phi) is 2.94. The highest BCUT2D eigenvalue weighted by Gasteiger charge is 2.26. The fourth-order valence-corrected chi connectivity index (χ4v) is 2.68. The molecule has 18 heavy (non-hydrogen) atoms. The van der Waals surface area contributed by atoms with Gasteiger partial charge in [0, 0.05) is 12.1 Å². The Balaban J connectivity index is 2.21. The van der Waals surface area contributed by atoms with Gasteiger partial charge < -0.3 is 9.30 Å². The molecule has 1 aliphatic rings. The van der Waals surface area contributed by atoms with Crippen LogP contribution in [0.25, 0.3) is 11.0 Å². The summed E-state index contributed by atoms with van der Waals surface area (Å²) in [5.74, 6) is 1.85. The molecule has 1 fully saturated rings. The summed E-state index contributed by atoms with van der Waals surface area (Å²) in [6.07, 6.45) is 3.74. The highest BCUT2D eigenvalue weighted by molar-refractivity contribution is 6.20. The van der Waals surface area contributed by atoms with Crippen LogP contribution in [0.1, 0.15) is 43.4 Å². The summed E-state index contributed by atoms with van der Waals surface area (Å²) in [7, 11) is 1.69. The first-order valence-corrected chi connectivity index (χ1v) is 6.84. The summed E-state index contributed by atoms with van der Waals surface area (Å²) in [4.78, 5) is 4.67. The second-order valence-electron chi connectivity index (χ2n) is 4.90. The first kappa shape index (κ1) is 11.8. The molecule has 1 saturated carbocycles. The van der Waals surface area contributed by atoms with Crippen LogP contribution in [-0.4, -0.2) is 16.7 Å². The first-order chi connectivity index (χ1) is 8.70. The Morgan fingerprint density at radius 1 is 1.44 bits per heavy atom. The molecule has 3 nitrogen and oxygen atoms in total. The molecule has 0 spiro atoms. The van der Waals surface area contributed by atoms with E-state index in [0.717, 1.165) is 22.6 Å². The van der Waals surface area contributed by atoms with Crippen molar-refractivity contribution in [1.29, 1.82) is 0 Å². The highest BCUT2D eigenvalue weighted by Crippen LogP contribution is 2.38. The van der Waals surface area contributed by atoms with Crippen LogP contribution in [-0.2, 0) is 0 Å². The summed E-state index contributed by atoms with van der Waals surface area (Å²) in [5, 5.41) is -0.0657. The Morgan fingerprint density at radius 2 is 2.22 bits per heavy atom. The number of alkyl halides is 1. The number of fused-ring (bicyclic) bond motifs is 1. The maximum atomic E-state index is 6.26. The number of ether oxygens (including phenoxy) is 1. The maximum Gasteiger partial charge on any atom is 0.127 e. The van der Waals surface area contributed by atoms with E-state index in [1.807, 2.05) is 19.1 Å². The van der Waals surface area contributed by atoms with E-state index < -0.39 is 0 Å². The maximum absolute atomic E-state index is 6.26. The smallest absolute Gasteiger partial charge is 0.127 e. The van der Waals surface area contributed by atoms with Gasteiger partial charge in [-0.2, -0.15) is 0 Å². The van der Waals surface area contributed by atoms with E-state index in [0.29, 0.717) is 6.04 Å². The SMILES string of the molecule is COc1ccc2nc(C(C)Cl)n(C3CCC3)c2c1. The van der Waals surface area contributed by atoms with Crippen LogP contribution < -0.4 is 4.74 Å². The van der Waals surface area contributed by atoms with Gasteiger partial charge in [-0.3, -0.25) is 0 Å². The second kappa shape index (κ2) is 4.47. The summed E-state index contributed by atoms with van der Waals surface area (Å²) in [6, 6.07) is 6.57. The topological polar surface area (TPSA) is 27.1 Å². The molecule has 1 aromatic carbocycles. The largest absolute Gasteiger partial charge is 0.497 e. The molecule has 0 amide bonds. The summed E-state index contributed by atoms with van der Waals surface area (Å²) < 4.78 is 7.61. The van der Waals surface area contributed by atoms with Gasteiger partial charge in [-0.1, -0.05) is 0 Å². The van der Waals surface area contributed by atoms with Crippen LogP contribution in [0.2, 0.25) is 0 Å². The van der Waals surface area contributed by atoms with E-state index in [9.17, 15) is 0 Å². The van der Waals surface area contributed by atoms with Gasteiger partial charge in [0.15, 0.2) is 0 Å². The van der Waals surface area contributed by atoms with Crippen LogP contribution in [0.15, 0.2) is 18.2 Å². The molecule has 2 aromatic rings. The third-order valence-corrected chi connectivity index (χ3v) is 3.91. The highest BCUT2D eigenvalue weighted by atomic mass is 35.5. The number of hydrogen-bond acceptors (Lipinski definition) is 2. The number of rotatable bonds is 3. The average molecular weight is 265 g/mol. The first-order valence-electron chi connectivity index (χ1n) is 6.40. The summed E-state index contributed by atoms with van der Waals surface area (Å²) >= 11 is 6.26. The van der Waals surface area contributed by atoms with E-state index in [-0.39, 0.29) is 5.38 Å². The van der Waals surface area contributed by atoms with Gasteiger partial charge in [-0.25, -0.2) is 4.98 Å². The second-order valence-corrected chi connectivity index (χ2v) is 5.55. The van der Waals surface area contributed by atoms with Crippen molar-refractivity contribution in [2.45, 2.75) is 37.6 Å². The van der Waals surface area contributed by atoms with Gasteiger partial charge in [-0.05, 0) is 38.3 Å². The van der Waals surface area contributed by atoms with Crippen molar-refractivity contribution in [3.05, 3.63) is 24.0 Å². The number of hydrogen-bond donors (Lipinski definition) is 0. The molecule has 1 aliphatic carbocycles. The molecule has 3 rings (SSSR count). The van der Waals surface area contributed by atoms with Crippen molar-refractivity contribution >= 4 is 22.6 Å². The fourth-order valence-electron chi connectivity index (χ4n) is 2.53. The minimum Gasteiger partial charge on any atom is -0.497 e. The van der Waals surface area contributed by atoms with E-state index in [1.165, 1.54) is 19.3 Å². The van der Waals surface area contributed by atoms with Gasteiger partial charge in [0.2, 0.25) is 0 Å². The van der Waals surface area contributed by atoms with E-state index in [4.69, 9.17) is 16.3 Å². The molecule has 0 bridgehead atoms. The lowest BCUT2D eigenvalue weighted by Gasteiger charge is -2.29. The molecule has 4 heteroatoms. The van der Waals surface area contributed by atoms with Gasteiger partial charge in [0.1, 0.15) is 11.6 Å². The molecule has 0 radical (unpaired) electrons. The minimum absolute atomic E-state index is 0.0657. The Hall–Kier alpha value is -1.22. The molecule has 0 N–H and O–H groups in total. The standard InChI is InChI=1S/C14H17ClN2O/c1-9(15)14-16-12-7-6-11(18-2)8-13(12)17(14)10-4-3-5-10/h6-10H,3-5H2,1-2H3. The van der Waals surface area contributed by atoms with Crippen molar-refractivity contribution in [1.82, 2.24) is 9.55 Å². The monoisotopic (exact) mass is 264 g/mol. The predicted molar refractivity (Wildman–Crippen MR) is 73.4 cm³/mol. The zero-order valence-corrected chi connectivity index (χ0v) is 11.4. The summed E-state index contributed by atoms with van der Waals surface area (Å²) in [6.45, 7) is 1.98. The third kappa shape index (κ3) is 1.77. The van der Waals surface area contributed by atoms with Crippen molar-refractivity contribution in [2.75, 3.05) is 7.11 Å². The molecule has 1 aromatic heterocycles. The average Bonchev–Trinajstić information content (AvgIpc) is 2.66. The van der Waals surface area contributed by atoms with E-state index in [1.54, 1.807) is 7.11 Å². The Labute approximate surface area is 112 Å². The van der Waals surface area contributed by atoms with Gasteiger partial charge >= 0.3 is 0 Å². The van der Waals surface area contributed by atoms with Gasteiger partial charge in [0.05, 0.1) is 23.5 Å². The lowest BCUT2D eigenvalue weighted by atomic mass is 9.92. The number of imidazole rings is 1. The lowest BCUT2D eigenvalue weighted by Crippen LogP contribution is -2.19. The third-order valence-electron chi connectivity index (χ3n) is 3.72. The Morgan fingerprint density at radius 3 is 2.78 bits per heavy atom. The normalized spacial score (nSPS) is 17.7. The quantitative estimate of drug-likeness (QED) is 0.782. The van der Waals surface area contributed by atoms with Gasteiger partial charge in [-0.15, -0.1) is 11.6 Å². The number of benzene rings is 1. The van der Waals surface area contributed by atoms with Crippen LogP contribution in [0, 0.1) is 0 Å². The van der Waals surface area contributed by atoms with Crippen molar-refractivity contribution in [3.8, 4) is 5.75 Å². The predicted octanol–water partition coefficient (Wildman–Crippen LogP) is 4.07. The minimum atomic E-state index is -0.0657. The molecule has 96 valence electrons. The zero-order chi connectivity index (χ0) is 12.7. The molecular weight excluding hydrogens is 248 g/mol. The number of nitrogens with zero attached hydrogens (tertiary/aromatic N) is 2. The van der Waals surface area contributed by atoms with Gasteiger partial charge in [0.25, 0.3) is 0 Å². The number of aromatic nitrogens is 2. The van der Waals surface area contributed by atoms with Crippen molar-refractivity contribution in [3.63, 3.8) is 0 Å². The lowest BCUT2D eigenvalue weighted by molar-refractivity contribution is 0.313. The van der Waals surface area contributed by atoms with Crippen molar-refractivity contribution < 1.29 is 4.74 Å². The van der Waals surface area contributed by atoms with Crippen LogP contribution in [0.4, 0.5) is 0 Å². The van der Waals surface area contributed by atoms with E-state index >= 15 is 0 Å². The molecular formula is C14H17ClN2O. The van der Waals surface area contributed by atoms with E-state index in [2.05, 4.69) is 15.6 Å². The molecule has 1 heterocycles. The number of halogens is 1. The van der Waals surface area contributed by atoms with Crippen molar-refractivity contribution in [2.24, 2.45) is 0 Å². The van der Waals surface area contributed by atoms with Crippen LogP contribution in [0.5, 0.6) is 5.75 Å². The molecule has 0 saturated heterocycles. The number of methoxy groups -OCH3 is 1. The summed E-state index contributed by atoms with van der Waals surface area (Å²) in [5.41, 5.74) is 2.15. The van der Waals surface area contributed by atoms with Crippen LogP contribution in [0.3, 0.4) is 0 Å². The Bertz CT molecular complexity index is 572. The molecule has 1 atom stereocenters. The molecule has 0 aliphatic heterocycles. The zero-order valence-electron chi connectivity index (χ0n) is 10.7.